The second-order valence-corrected chi connectivity index (χ2v) is 4.22. The predicted octanol–water partition coefficient (Wildman–Crippen LogP) is 2.89. The van der Waals surface area contributed by atoms with E-state index >= 15 is 0 Å². The summed E-state index contributed by atoms with van der Waals surface area (Å²) in [5, 5.41) is 3.28. The first-order chi connectivity index (χ1) is 7.86. The van der Waals surface area contributed by atoms with E-state index in [1.54, 1.807) is 6.20 Å². The molecule has 0 spiro atoms. The lowest BCUT2D eigenvalue weighted by molar-refractivity contribution is 0.998. The van der Waals surface area contributed by atoms with Crippen molar-refractivity contribution in [2.75, 3.05) is 11.9 Å². The summed E-state index contributed by atoms with van der Waals surface area (Å²) in [7, 11) is 0. The summed E-state index contributed by atoms with van der Waals surface area (Å²) in [5.41, 5.74) is 1.27. The van der Waals surface area contributed by atoms with Crippen LogP contribution in [0.3, 0.4) is 0 Å². The van der Waals surface area contributed by atoms with E-state index in [0.717, 1.165) is 23.3 Å². The van der Waals surface area contributed by atoms with Gasteiger partial charge in [-0.1, -0.05) is 0 Å². The molecule has 0 aliphatic heterocycles. The largest absolute Gasteiger partial charge is 0.369 e. The average molecular weight is 278 g/mol. The molecule has 16 heavy (non-hydrogen) atoms. The number of rotatable bonds is 4. The van der Waals surface area contributed by atoms with Crippen molar-refractivity contribution in [2.45, 2.75) is 6.42 Å². The van der Waals surface area contributed by atoms with E-state index < -0.39 is 0 Å². The quantitative estimate of drug-likeness (QED) is 0.934. The topological polar surface area (TPSA) is 37.8 Å². The molecule has 0 saturated heterocycles. The Hall–Kier alpha value is -1.42. The number of nitrogens with one attached hydrogen (secondary N) is 1. The van der Waals surface area contributed by atoms with Crippen LogP contribution in [0.5, 0.6) is 0 Å². The standard InChI is InChI=1S/C12H12BrN3/c13-11-2-1-6-15-12(11)16-9-5-10-3-7-14-8-4-10/h1-4,6-8H,5,9H2,(H,15,16). The van der Waals surface area contributed by atoms with E-state index in [-0.39, 0.29) is 0 Å². The molecular weight excluding hydrogens is 266 g/mol. The van der Waals surface area contributed by atoms with Gasteiger partial charge in [-0.25, -0.2) is 4.98 Å². The van der Waals surface area contributed by atoms with E-state index in [4.69, 9.17) is 0 Å². The number of aromatic nitrogens is 2. The molecule has 0 saturated carbocycles. The van der Waals surface area contributed by atoms with E-state index in [0.29, 0.717) is 0 Å². The van der Waals surface area contributed by atoms with Crippen molar-refractivity contribution >= 4 is 21.7 Å². The van der Waals surface area contributed by atoms with Gasteiger partial charge in [0.15, 0.2) is 0 Å². The summed E-state index contributed by atoms with van der Waals surface area (Å²) < 4.78 is 0.990. The number of hydrogen-bond donors (Lipinski definition) is 1. The van der Waals surface area contributed by atoms with Crippen molar-refractivity contribution < 1.29 is 0 Å². The number of nitrogens with zero attached hydrogens (tertiary/aromatic N) is 2. The molecule has 2 heterocycles. The lowest BCUT2D eigenvalue weighted by Gasteiger charge is -2.06. The van der Waals surface area contributed by atoms with E-state index in [1.807, 2.05) is 36.7 Å². The molecule has 4 heteroatoms. The summed E-state index contributed by atoms with van der Waals surface area (Å²) >= 11 is 3.45. The Morgan fingerprint density at radius 2 is 1.94 bits per heavy atom. The van der Waals surface area contributed by atoms with Crippen LogP contribution < -0.4 is 5.32 Å². The van der Waals surface area contributed by atoms with Crippen LogP contribution in [0.25, 0.3) is 0 Å². The van der Waals surface area contributed by atoms with Gasteiger partial charge in [-0.05, 0) is 52.2 Å². The molecule has 82 valence electrons. The molecule has 0 radical (unpaired) electrons. The van der Waals surface area contributed by atoms with Crippen molar-refractivity contribution in [3.63, 3.8) is 0 Å². The Kier molecular flexibility index (Phi) is 3.88. The van der Waals surface area contributed by atoms with Gasteiger partial charge in [-0.2, -0.15) is 0 Å². The molecule has 3 nitrogen and oxygen atoms in total. The zero-order valence-electron chi connectivity index (χ0n) is 8.73. The van der Waals surface area contributed by atoms with Crippen molar-refractivity contribution in [1.29, 1.82) is 0 Å². The zero-order valence-corrected chi connectivity index (χ0v) is 10.3. The Balaban J connectivity index is 1.87. The van der Waals surface area contributed by atoms with E-state index in [1.165, 1.54) is 5.56 Å². The molecule has 2 rings (SSSR count). The van der Waals surface area contributed by atoms with E-state index in [9.17, 15) is 0 Å². The van der Waals surface area contributed by atoms with Gasteiger partial charge in [-0.15, -0.1) is 0 Å². The van der Waals surface area contributed by atoms with Gasteiger partial charge < -0.3 is 5.32 Å². The summed E-state index contributed by atoms with van der Waals surface area (Å²) in [6.07, 6.45) is 6.36. The van der Waals surface area contributed by atoms with Crippen LogP contribution in [0, 0.1) is 0 Å². The highest BCUT2D eigenvalue weighted by Crippen LogP contribution is 2.17. The highest BCUT2D eigenvalue weighted by molar-refractivity contribution is 9.10. The third kappa shape index (κ3) is 3.03. The summed E-state index contributed by atoms with van der Waals surface area (Å²) in [4.78, 5) is 8.22. The minimum atomic E-state index is 0.861. The highest BCUT2D eigenvalue weighted by atomic mass is 79.9. The first-order valence-corrected chi connectivity index (χ1v) is 5.89. The van der Waals surface area contributed by atoms with Crippen LogP contribution in [0.4, 0.5) is 5.82 Å². The molecule has 1 N–H and O–H groups in total. The average Bonchev–Trinajstić information content (AvgIpc) is 2.33. The van der Waals surface area contributed by atoms with Gasteiger partial charge in [0.25, 0.3) is 0 Å². The molecule has 0 aliphatic carbocycles. The van der Waals surface area contributed by atoms with E-state index in [2.05, 4.69) is 31.2 Å². The van der Waals surface area contributed by atoms with Gasteiger partial charge in [0.05, 0.1) is 4.47 Å². The maximum atomic E-state index is 4.24. The van der Waals surface area contributed by atoms with Crippen molar-refractivity contribution in [1.82, 2.24) is 9.97 Å². The second-order valence-electron chi connectivity index (χ2n) is 3.37. The maximum Gasteiger partial charge on any atom is 0.140 e. The molecule has 0 aliphatic rings. The minimum Gasteiger partial charge on any atom is -0.369 e. The van der Waals surface area contributed by atoms with Crippen molar-refractivity contribution in [2.24, 2.45) is 0 Å². The minimum absolute atomic E-state index is 0.861. The number of halogens is 1. The molecule has 0 atom stereocenters. The normalized spacial score (nSPS) is 10.1. The Labute approximate surface area is 103 Å². The fourth-order valence-corrected chi connectivity index (χ4v) is 1.79. The van der Waals surface area contributed by atoms with Gasteiger partial charge >= 0.3 is 0 Å². The third-order valence-corrected chi connectivity index (χ3v) is 2.85. The first kappa shape index (κ1) is 11.1. The fraction of sp³-hybridized carbons (Fsp3) is 0.167. The number of anilines is 1. The molecule has 0 unspecified atom stereocenters. The summed E-state index contributed by atoms with van der Waals surface area (Å²) in [6.45, 7) is 0.861. The van der Waals surface area contributed by atoms with Gasteiger partial charge in [0, 0.05) is 25.1 Å². The molecule has 0 fully saturated rings. The summed E-state index contributed by atoms with van der Waals surface area (Å²) in [5.74, 6) is 0.886. The lowest BCUT2D eigenvalue weighted by atomic mass is 10.2. The molecule has 0 aromatic carbocycles. The van der Waals surface area contributed by atoms with Crippen molar-refractivity contribution in [3.05, 3.63) is 52.9 Å². The second kappa shape index (κ2) is 5.61. The van der Waals surface area contributed by atoms with Crippen LogP contribution in [-0.4, -0.2) is 16.5 Å². The molecular formula is C12H12BrN3. The first-order valence-electron chi connectivity index (χ1n) is 5.09. The Bertz CT molecular complexity index is 445. The Morgan fingerprint density at radius 1 is 1.12 bits per heavy atom. The SMILES string of the molecule is Brc1cccnc1NCCc1ccncc1. The lowest BCUT2D eigenvalue weighted by Crippen LogP contribution is -2.06. The van der Waals surface area contributed by atoms with Gasteiger partial charge in [0.2, 0.25) is 0 Å². The molecule has 0 amide bonds. The van der Waals surface area contributed by atoms with Crippen LogP contribution in [-0.2, 0) is 6.42 Å². The predicted molar refractivity (Wildman–Crippen MR) is 68.4 cm³/mol. The molecule has 0 bridgehead atoms. The van der Waals surface area contributed by atoms with Crippen LogP contribution in [0.15, 0.2) is 47.3 Å². The highest BCUT2D eigenvalue weighted by Gasteiger charge is 1.98. The summed E-state index contributed by atoms with van der Waals surface area (Å²) in [6, 6.07) is 7.92. The van der Waals surface area contributed by atoms with Crippen LogP contribution >= 0.6 is 15.9 Å². The fourth-order valence-electron chi connectivity index (χ4n) is 1.39. The monoisotopic (exact) mass is 277 g/mol. The molecule has 2 aromatic heterocycles. The molecule has 2 aromatic rings. The number of pyridine rings is 2. The maximum absolute atomic E-state index is 4.24. The Morgan fingerprint density at radius 3 is 2.69 bits per heavy atom. The number of hydrogen-bond acceptors (Lipinski definition) is 3. The van der Waals surface area contributed by atoms with Crippen LogP contribution in [0.2, 0.25) is 0 Å². The smallest absolute Gasteiger partial charge is 0.140 e. The van der Waals surface area contributed by atoms with Crippen molar-refractivity contribution in [3.8, 4) is 0 Å². The third-order valence-electron chi connectivity index (χ3n) is 2.21. The van der Waals surface area contributed by atoms with Gasteiger partial charge in [0.1, 0.15) is 5.82 Å². The van der Waals surface area contributed by atoms with Crippen LogP contribution in [0.1, 0.15) is 5.56 Å². The van der Waals surface area contributed by atoms with Gasteiger partial charge in [-0.3, -0.25) is 4.98 Å². The zero-order chi connectivity index (χ0) is 11.2.